The molecule has 3 unspecified atom stereocenters. The number of β-amino-alcohol motifs (C(OH)–C–C–N with tert-alkyl or cyclic N) is 1. The van der Waals surface area contributed by atoms with E-state index in [9.17, 15) is 14.6 Å². The molecule has 4 fully saturated rings. The summed E-state index contributed by atoms with van der Waals surface area (Å²) < 4.78 is 54.2. The summed E-state index contributed by atoms with van der Waals surface area (Å²) in [6, 6.07) is 5.83. The molecule has 4 aliphatic rings. The molecule has 3 atom stereocenters. The van der Waals surface area contributed by atoms with Crippen LogP contribution in [0.5, 0.6) is 17.6 Å². The number of benzene rings is 2. The van der Waals surface area contributed by atoms with Gasteiger partial charge in [0.05, 0.1) is 38.6 Å². The average molecular weight is 762 g/mol. The van der Waals surface area contributed by atoms with E-state index in [4.69, 9.17) is 30.4 Å². The molecule has 2 N–H and O–H groups in total. The van der Waals surface area contributed by atoms with Crippen molar-refractivity contribution < 1.29 is 37.9 Å². The Bertz CT molecular complexity index is 2050. The van der Waals surface area contributed by atoms with Gasteiger partial charge in [-0.1, -0.05) is 32.3 Å². The van der Waals surface area contributed by atoms with E-state index < -0.39 is 17.7 Å². The second kappa shape index (κ2) is 16.8. The Hall–Kier alpha value is -4.35. The van der Waals surface area contributed by atoms with Crippen molar-refractivity contribution >= 4 is 27.5 Å². The fourth-order valence-electron chi connectivity index (χ4n) is 8.62. The summed E-state index contributed by atoms with van der Waals surface area (Å²) in [5.74, 6) is 0.800. The number of aliphatic hydroxyl groups excluding tert-OH is 1. The Morgan fingerprint density at radius 2 is 1.75 bits per heavy atom. The number of piperidine rings is 2. The quantitative estimate of drug-likeness (QED) is 0.194. The maximum Gasteiger partial charge on any atom is 0.319 e. The van der Waals surface area contributed by atoms with E-state index in [1.807, 2.05) is 32.6 Å². The highest BCUT2D eigenvalue weighted by Gasteiger charge is 2.47. The standard InChI is InChI=1S/C35H37F2N5O4.C5H10O2.C2H6/c1-4-23-25(36)11-10-20-16-22(44)17-24(27(20)23)30-29(37)31-28(33(38-30)45-3)32(42-15-6-8-21(43)18-42)40-34(39-31)46-19-35-12-5-9-26(35)41(2)14-7-13-35;1-5(2)6-3-4-7-5;1-2/h1,10-11,16-17,21,26,43-44H,5-9,12-15,18-19H2,2-3H3;3-4H2,1-2H3;1-2H3. The molecule has 4 aromatic rings. The number of anilines is 1. The average Bonchev–Trinajstić information content (AvgIpc) is 3.81. The van der Waals surface area contributed by atoms with E-state index >= 15 is 4.39 Å². The van der Waals surface area contributed by atoms with Crippen LogP contribution in [0.15, 0.2) is 24.3 Å². The number of phenolic OH excluding ortho intramolecular Hbond substituents is 1. The van der Waals surface area contributed by atoms with Crippen molar-refractivity contribution in [2.24, 2.45) is 5.41 Å². The van der Waals surface area contributed by atoms with Crippen LogP contribution in [-0.2, 0) is 9.47 Å². The van der Waals surface area contributed by atoms with Crippen molar-refractivity contribution in [3.05, 3.63) is 41.5 Å². The van der Waals surface area contributed by atoms with E-state index in [-0.39, 0.29) is 68.5 Å². The molecule has 11 nitrogen and oxygen atoms in total. The molecule has 3 saturated heterocycles. The fourth-order valence-corrected chi connectivity index (χ4v) is 8.62. The largest absolute Gasteiger partial charge is 0.508 e. The zero-order valence-corrected chi connectivity index (χ0v) is 32.8. The number of phenols is 1. The van der Waals surface area contributed by atoms with Crippen LogP contribution in [0.3, 0.4) is 0 Å². The number of halogens is 2. The third-order valence-corrected chi connectivity index (χ3v) is 11.1. The zero-order valence-electron chi connectivity index (χ0n) is 32.8. The van der Waals surface area contributed by atoms with Gasteiger partial charge in [-0.3, -0.25) is 0 Å². The number of terminal acetylenes is 1. The molecule has 296 valence electrons. The van der Waals surface area contributed by atoms with E-state index in [1.165, 1.54) is 31.4 Å². The lowest BCUT2D eigenvalue weighted by atomic mass is 9.76. The van der Waals surface area contributed by atoms with E-state index in [0.29, 0.717) is 43.2 Å². The van der Waals surface area contributed by atoms with Crippen LogP contribution >= 0.6 is 0 Å². The van der Waals surface area contributed by atoms with Crippen molar-refractivity contribution in [1.29, 1.82) is 0 Å². The predicted molar refractivity (Wildman–Crippen MR) is 209 cm³/mol. The summed E-state index contributed by atoms with van der Waals surface area (Å²) in [4.78, 5) is 18.2. The van der Waals surface area contributed by atoms with Crippen LogP contribution in [0.2, 0.25) is 0 Å². The number of hydrogen-bond acceptors (Lipinski definition) is 11. The number of pyridine rings is 1. The first-order chi connectivity index (χ1) is 26.4. The second-order valence-corrected chi connectivity index (χ2v) is 15.0. The third kappa shape index (κ3) is 8.14. The topological polar surface area (TPSA) is 123 Å². The van der Waals surface area contributed by atoms with Gasteiger partial charge in [0.1, 0.15) is 34.0 Å². The lowest BCUT2D eigenvalue weighted by Crippen LogP contribution is -2.50. The van der Waals surface area contributed by atoms with Gasteiger partial charge in [-0.25, -0.2) is 13.8 Å². The highest BCUT2D eigenvalue weighted by molar-refractivity contribution is 6.04. The number of fused-ring (bicyclic) bond motifs is 3. The molecule has 13 heteroatoms. The highest BCUT2D eigenvalue weighted by Crippen LogP contribution is 2.48. The number of methoxy groups -OCH3 is 1. The maximum absolute atomic E-state index is 17.0. The summed E-state index contributed by atoms with van der Waals surface area (Å²) in [5, 5.41) is 22.0. The van der Waals surface area contributed by atoms with Crippen molar-refractivity contribution in [2.75, 3.05) is 58.5 Å². The molecule has 0 spiro atoms. The van der Waals surface area contributed by atoms with Crippen molar-refractivity contribution in [2.45, 2.75) is 90.6 Å². The minimum atomic E-state index is -0.824. The molecule has 3 aliphatic heterocycles. The van der Waals surface area contributed by atoms with Crippen LogP contribution in [-0.4, -0.2) is 102 Å². The van der Waals surface area contributed by atoms with Gasteiger partial charge in [-0.2, -0.15) is 9.97 Å². The van der Waals surface area contributed by atoms with E-state index in [2.05, 4.69) is 27.8 Å². The van der Waals surface area contributed by atoms with Crippen molar-refractivity contribution in [3.63, 3.8) is 0 Å². The Morgan fingerprint density at radius 1 is 1.00 bits per heavy atom. The van der Waals surface area contributed by atoms with Crippen molar-refractivity contribution in [1.82, 2.24) is 19.9 Å². The lowest BCUT2D eigenvalue weighted by Gasteiger charge is -2.44. The van der Waals surface area contributed by atoms with Gasteiger partial charge in [-0.15, -0.1) is 6.42 Å². The number of likely N-dealkylation sites (tertiary alicyclic amines) is 1. The predicted octanol–water partition coefficient (Wildman–Crippen LogP) is 7.22. The molecule has 55 heavy (non-hydrogen) atoms. The maximum atomic E-state index is 17.0. The van der Waals surface area contributed by atoms with Gasteiger partial charge in [0.25, 0.3) is 0 Å². The minimum Gasteiger partial charge on any atom is -0.508 e. The van der Waals surface area contributed by atoms with Crippen LogP contribution in [0, 0.1) is 29.4 Å². The number of ether oxygens (including phenoxy) is 4. The fraction of sp³-hybridized carbons (Fsp3) is 0.548. The van der Waals surface area contributed by atoms with Gasteiger partial charge >= 0.3 is 6.01 Å². The minimum absolute atomic E-state index is 0.0186. The van der Waals surface area contributed by atoms with Gasteiger partial charge < -0.3 is 39.0 Å². The number of hydrogen-bond donors (Lipinski definition) is 2. The Balaban J connectivity index is 0.000000509. The molecule has 0 bridgehead atoms. The van der Waals surface area contributed by atoms with Gasteiger partial charge in [0, 0.05) is 35.5 Å². The Morgan fingerprint density at radius 3 is 2.42 bits per heavy atom. The summed E-state index contributed by atoms with van der Waals surface area (Å²) >= 11 is 0. The summed E-state index contributed by atoms with van der Waals surface area (Å²) in [6.07, 6.45) is 11.8. The summed E-state index contributed by atoms with van der Waals surface area (Å²) in [6.45, 7) is 11.6. The number of nitrogens with zero attached hydrogens (tertiary/aromatic N) is 5. The van der Waals surface area contributed by atoms with Gasteiger partial charge in [-0.05, 0) is 89.6 Å². The number of aromatic nitrogens is 3. The molecule has 1 saturated carbocycles. The highest BCUT2D eigenvalue weighted by atomic mass is 19.1. The molecule has 2 aromatic heterocycles. The summed E-state index contributed by atoms with van der Waals surface area (Å²) in [5.41, 5.74) is -0.342. The first-order valence-corrected chi connectivity index (χ1v) is 19.3. The molecule has 2 aromatic carbocycles. The Kier molecular flexibility index (Phi) is 12.3. The van der Waals surface area contributed by atoms with Gasteiger partial charge in [0.15, 0.2) is 11.6 Å². The van der Waals surface area contributed by atoms with Crippen LogP contribution in [0.25, 0.3) is 32.9 Å². The van der Waals surface area contributed by atoms with Crippen LogP contribution < -0.4 is 14.4 Å². The van der Waals surface area contributed by atoms with Gasteiger partial charge in [0.2, 0.25) is 5.88 Å². The number of aliphatic hydroxyl groups is 1. The third-order valence-electron chi connectivity index (χ3n) is 11.1. The first kappa shape index (κ1) is 40.3. The SMILES string of the molecule is C#Cc1c(F)ccc2cc(O)cc(-c3nc(OC)c4c(N5CCCC(O)C5)nc(OCC56CCCC5N(C)CCC6)nc4c3F)c12.CC.CC1(C)OCCO1. The van der Waals surface area contributed by atoms with Crippen LogP contribution in [0.1, 0.15) is 78.2 Å². The molecule has 0 amide bonds. The molecule has 0 radical (unpaired) electrons. The zero-order chi connectivity index (χ0) is 39.5. The number of rotatable bonds is 6. The molecular weight excluding hydrogens is 708 g/mol. The first-order valence-electron chi connectivity index (χ1n) is 19.3. The molecule has 5 heterocycles. The van der Waals surface area contributed by atoms with E-state index in [0.717, 1.165) is 51.9 Å². The number of aromatic hydroxyl groups is 1. The van der Waals surface area contributed by atoms with Crippen molar-refractivity contribution in [3.8, 4) is 41.2 Å². The van der Waals surface area contributed by atoms with Crippen LogP contribution in [0.4, 0.5) is 14.6 Å². The smallest absolute Gasteiger partial charge is 0.319 e. The molecular formula is C42H53F2N5O6. The summed E-state index contributed by atoms with van der Waals surface area (Å²) in [7, 11) is 3.57. The second-order valence-electron chi connectivity index (χ2n) is 15.0. The molecule has 1 aliphatic carbocycles. The lowest BCUT2D eigenvalue weighted by molar-refractivity contribution is -0.125. The molecule has 8 rings (SSSR count). The monoisotopic (exact) mass is 761 g/mol. The normalized spacial score (nSPS) is 23.3. The van der Waals surface area contributed by atoms with E-state index in [1.54, 1.807) is 0 Å². The Labute approximate surface area is 322 Å².